The molecule has 0 aromatic heterocycles. The predicted octanol–water partition coefficient (Wildman–Crippen LogP) is 5.87. The summed E-state index contributed by atoms with van der Waals surface area (Å²) in [6.45, 7) is 2.22. The summed E-state index contributed by atoms with van der Waals surface area (Å²) in [4.78, 5) is 21.6. The van der Waals surface area contributed by atoms with Gasteiger partial charge in [0.2, 0.25) is 0 Å². The molecule has 0 bridgehead atoms. The number of hydrogen-bond acceptors (Lipinski definition) is 3. The molecule has 0 unspecified atom stereocenters. The second-order valence-electron chi connectivity index (χ2n) is 7.70. The SMILES string of the molecule is CCCCCC=CCC=CCCCCCCCCC(O)(CC(=O)O)CC(=O)O. The van der Waals surface area contributed by atoms with Crippen molar-refractivity contribution in [3.63, 3.8) is 0 Å². The van der Waals surface area contributed by atoms with Crippen LogP contribution in [0.1, 0.15) is 103 Å². The normalized spacial score (nSPS) is 12.2. The molecule has 3 N–H and O–H groups in total. The first-order chi connectivity index (χ1) is 13.4. The van der Waals surface area contributed by atoms with Gasteiger partial charge in [-0.25, -0.2) is 0 Å². The van der Waals surface area contributed by atoms with Crippen LogP contribution < -0.4 is 0 Å². The van der Waals surface area contributed by atoms with Crippen LogP contribution in [-0.4, -0.2) is 32.9 Å². The molecule has 0 fully saturated rings. The van der Waals surface area contributed by atoms with Crippen molar-refractivity contribution >= 4 is 11.9 Å². The lowest BCUT2D eigenvalue weighted by Crippen LogP contribution is -2.34. The number of carboxylic acid groups (broad SMARTS) is 2. The Morgan fingerprint density at radius 2 is 1.18 bits per heavy atom. The van der Waals surface area contributed by atoms with E-state index in [1.807, 2.05) is 0 Å². The number of allylic oxidation sites excluding steroid dienone is 4. The second kappa shape index (κ2) is 17.5. The Kier molecular flexibility index (Phi) is 16.5. The van der Waals surface area contributed by atoms with E-state index < -0.39 is 30.4 Å². The highest BCUT2D eigenvalue weighted by molar-refractivity contribution is 5.72. The van der Waals surface area contributed by atoms with E-state index in [-0.39, 0.29) is 6.42 Å². The average Bonchev–Trinajstić information content (AvgIpc) is 2.60. The van der Waals surface area contributed by atoms with Crippen molar-refractivity contribution in [2.75, 3.05) is 0 Å². The Balaban J connectivity index is 3.63. The Hall–Kier alpha value is -1.62. The number of carbonyl (C=O) groups is 2. The summed E-state index contributed by atoms with van der Waals surface area (Å²) in [6, 6.07) is 0. The van der Waals surface area contributed by atoms with E-state index in [1.165, 1.54) is 32.1 Å². The first-order valence-electron chi connectivity index (χ1n) is 10.9. The van der Waals surface area contributed by atoms with Gasteiger partial charge in [-0.1, -0.05) is 76.2 Å². The first kappa shape index (κ1) is 26.4. The van der Waals surface area contributed by atoms with Crippen molar-refractivity contribution in [2.45, 2.75) is 109 Å². The zero-order valence-electron chi connectivity index (χ0n) is 17.6. The molecule has 0 aromatic carbocycles. The molecule has 0 saturated carbocycles. The van der Waals surface area contributed by atoms with Gasteiger partial charge in [-0.15, -0.1) is 0 Å². The van der Waals surface area contributed by atoms with Crippen molar-refractivity contribution < 1.29 is 24.9 Å². The number of carboxylic acids is 2. The third-order valence-corrected chi connectivity index (χ3v) is 4.80. The fraction of sp³-hybridized carbons (Fsp3) is 0.739. The van der Waals surface area contributed by atoms with Crippen LogP contribution >= 0.6 is 0 Å². The lowest BCUT2D eigenvalue weighted by molar-refractivity contribution is -0.149. The zero-order valence-corrected chi connectivity index (χ0v) is 17.6. The molecule has 0 heterocycles. The van der Waals surface area contributed by atoms with E-state index in [0.717, 1.165) is 38.5 Å². The van der Waals surface area contributed by atoms with Gasteiger partial charge in [-0.2, -0.15) is 0 Å². The van der Waals surface area contributed by atoms with Crippen molar-refractivity contribution in [3.05, 3.63) is 24.3 Å². The van der Waals surface area contributed by atoms with Crippen molar-refractivity contribution in [2.24, 2.45) is 0 Å². The van der Waals surface area contributed by atoms with Gasteiger partial charge in [0.05, 0.1) is 18.4 Å². The fourth-order valence-electron chi connectivity index (χ4n) is 3.24. The number of aliphatic hydroxyl groups is 1. The van der Waals surface area contributed by atoms with Crippen LogP contribution in [-0.2, 0) is 9.59 Å². The van der Waals surface area contributed by atoms with E-state index >= 15 is 0 Å². The van der Waals surface area contributed by atoms with Crippen LogP contribution in [0.5, 0.6) is 0 Å². The molecule has 0 rings (SSSR count). The molecule has 5 heteroatoms. The van der Waals surface area contributed by atoms with Crippen LogP contribution in [0.4, 0.5) is 0 Å². The maximum atomic E-state index is 10.8. The number of aliphatic carboxylic acids is 2. The molecule has 162 valence electrons. The minimum Gasteiger partial charge on any atom is -0.481 e. The van der Waals surface area contributed by atoms with Gasteiger partial charge in [-0.05, 0) is 38.5 Å². The molecule has 5 nitrogen and oxygen atoms in total. The summed E-state index contributed by atoms with van der Waals surface area (Å²) in [7, 11) is 0. The van der Waals surface area contributed by atoms with Crippen molar-refractivity contribution in [3.8, 4) is 0 Å². The summed E-state index contributed by atoms with van der Waals surface area (Å²) >= 11 is 0. The third kappa shape index (κ3) is 17.8. The number of hydrogen-bond donors (Lipinski definition) is 3. The topological polar surface area (TPSA) is 94.8 Å². The first-order valence-corrected chi connectivity index (χ1v) is 10.9. The Bertz CT molecular complexity index is 452. The molecule has 0 saturated heterocycles. The van der Waals surface area contributed by atoms with Crippen LogP contribution in [0, 0.1) is 0 Å². The van der Waals surface area contributed by atoms with E-state index in [1.54, 1.807) is 0 Å². The Morgan fingerprint density at radius 3 is 1.68 bits per heavy atom. The second-order valence-corrected chi connectivity index (χ2v) is 7.70. The highest BCUT2D eigenvalue weighted by atomic mass is 16.4. The molecule has 28 heavy (non-hydrogen) atoms. The minimum atomic E-state index is -1.63. The lowest BCUT2D eigenvalue weighted by Gasteiger charge is -2.24. The standard InChI is InChI=1S/C23H40O5/c1-2-3-4-5-6-7-8-9-10-11-12-13-14-15-16-17-18-23(28,19-21(24)25)20-22(26)27/h6-7,9-10,28H,2-5,8,11-20H2,1H3,(H,24,25)(H,26,27). The van der Waals surface area contributed by atoms with Crippen LogP contribution in [0.15, 0.2) is 24.3 Å². The van der Waals surface area contributed by atoms with Crippen molar-refractivity contribution in [1.29, 1.82) is 0 Å². The van der Waals surface area contributed by atoms with Gasteiger partial charge in [0.25, 0.3) is 0 Å². The predicted molar refractivity (Wildman–Crippen MR) is 113 cm³/mol. The van der Waals surface area contributed by atoms with Gasteiger partial charge < -0.3 is 15.3 Å². The molecule has 0 spiro atoms. The van der Waals surface area contributed by atoms with Gasteiger partial charge in [0.15, 0.2) is 0 Å². The van der Waals surface area contributed by atoms with E-state index in [9.17, 15) is 14.7 Å². The molecule has 0 amide bonds. The average molecular weight is 397 g/mol. The molecular weight excluding hydrogens is 356 g/mol. The monoisotopic (exact) mass is 396 g/mol. The molecule has 0 aliphatic heterocycles. The smallest absolute Gasteiger partial charge is 0.306 e. The highest BCUT2D eigenvalue weighted by Gasteiger charge is 2.32. The Morgan fingerprint density at radius 1 is 0.714 bits per heavy atom. The summed E-state index contributed by atoms with van der Waals surface area (Å²) in [5.74, 6) is -2.33. The molecule has 0 atom stereocenters. The summed E-state index contributed by atoms with van der Waals surface area (Å²) in [5, 5.41) is 27.9. The molecule has 0 aliphatic rings. The maximum Gasteiger partial charge on any atom is 0.306 e. The zero-order chi connectivity index (χ0) is 21.1. The molecular formula is C23H40O5. The van der Waals surface area contributed by atoms with Crippen molar-refractivity contribution in [1.82, 2.24) is 0 Å². The highest BCUT2D eigenvalue weighted by Crippen LogP contribution is 2.24. The lowest BCUT2D eigenvalue weighted by atomic mass is 9.89. The summed E-state index contributed by atoms with van der Waals surface area (Å²) < 4.78 is 0. The minimum absolute atomic E-state index is 0.223. The molecule has 0 aromatic rings. The van der Waals surface area contributed by atoms with Gasteiger partial charge in [-0.3, -0.25) is 9.59 Å². The molecule has 0 radical (unpaired) electrons. The summed E-state index contributed by atoms with van der Waals surface area (Å²) in [6.07, 6.45) is 21.3. The third-order valence-electron chi connectivity index (χ3n) is 4.80. The van der Waals surface area contributed by atoms with Gasteiger partial charge in [0.1, 0.15) is 0 Å². The van der Waals surface area contributed by atoms with Gasteiger partial charge in [0, 0.05) is 0 Å². The quantitative estimate of drug-likeness (QED) is 0.187. The fourth-order valence-corrected chi connectivity index (χ4v) is 3.24. The van der Waals surface area contributed by atoms with Crippen LogP contribution in [0.3, 0.4) is 0 Å². The van der Waals surface area contributed by atoms with Crippen LogP contribution in [0.2, 0.25) is 0 Å². The van der Waals surface area contributed by atoms with E-state index in [2.05, 4.69) is 31.2 Å². The largest absolute Gasteiger partial charge is 0.481 e. The number of unbranched alkanes of at least 4 members (excludes halogenated alkanes) is 9. The maximum absolute atomic E-state index is 10.8. The van der Waals surface area contributed by atoms with Crippen LogP contribution in [0.25, 0.3) is 0 Å². The van der Waals surface area contributed by atoms with E-state index in [4.69, 9.17) is 10.2 Å². The molecule has 0 aliphatic carbocycles. The number of rotatable bonds is 19. The van der Waals surface area contributed by atoms with E-state index in [0.29, 0.717) is 6.42 Å². The van der Waals surface area contributed by atoms with Gasteiger partial charge >= 0.3 is 11.9 Å². The Labute approximate surface area is 170 Å². The summed E-state index contributed by atoms with van der Waals surface area (Å²) in [5.41, 5.74) is -1.63.